The van der Waals surface area contributed by atoms with Gasteiger partial charge in [-0.1, -0.05) is 0 Å². The van der Waals surface area contributed by atoms with Gasteiger partial charge in [-0.15, -0.1) is 11.3 Å². The molecule has 0 aromatic carbocycles. The van der Waals surface area contributed by atoms with E-state index in [9.17, 15) is 4.79 Å². The molecule has 1 aromatic heterocycles. The molecule has 4 nitrogen and oxygen atoms in total. The molecule has 0 atom stereocenters. The fourth-order valence-electron chi connectivity index (χ4n) is 1.66. The number of aryl methyl sites for hydroxylation is 2. The van der Waals surface area contributed by atoms with E-state index in [2.05, 4.69) is 10.3 Å². The van der Waals surface area contributed by atoms with Crippen molar-refractivity contribution in [2.45, 2.75) is 45.1 Å². The summed E-state index contributed by atoms with van der Waals surface area (Å²) in [6, 6.07) is 0. The highest BCUT2D eigenvalue weighted by Gasteiger charge is 2.24. The number of amides is 1. The minimum Gasteiger partial charge on any atom is -0.318 e. The van der Waals surface area contributed by atoms with E-state index in [0.717, 1.165) is 18.5 Å². The third-order valence-electron chi connectivity index (χ3n) is 2.65. The first-order valence-corrected chi connectivity index (χ1v) is 6.37. The van der Waals surface area contributed by atoms with E-state index in [1.165, 1.54) is 17.7 Å². The number of rotatable bonds is 2. The lowest BCUT2D eigenvalue weighted by Crippen LogP contribution is -2.45. The van der Waals surface area contributed by atoms with Crippen molar-refractivity contribution >= 4 is 22.4 Å². The molecule has 1 amide bonds. The Kier molecular flexibility index (Phi) is 2.99. The van der Waals surface area contributed by atoms with Gasteiger partial charge in [-0.05, 0) is 39.5 Å². The summed E-state index contributed by atoms with van der Waals surface area (Å²) in [6.45, 7) is 3.38. The monoisotopic (exact) mass is 239 g/mol. The molecule has 1 aromatic rings. The third kappa shape index (κ3) is 2.41. The molecule has 2 rings (SSSR count). The molecule has 1 aliphatic carbocycles. The Morgan fingerprint density at radius 3 is 2.75 bits per heavy atom. The molecule has 0 bridgehead atoms. The normalized spacial score (nSPS) is 15.7. The molecule has 0 saturated heterocycles. The van der Waals surface area contributed by atoms with Crippen molar-refractivity contribution < 1.29 is 4.79 Å². The van der Waals surface area contributed by atoms with Crippen molar-refractivity contribution in [3.05, 3.63) is 10.6 Å². The number of carbonyl (C=O) groups excluding carboxylic acids is 1. The molecule has 16 heavy (non-hydrogen) atoms. The lowest BCUT2D eigenvalue weighted by Gasteiger charge is -2.16. The lowest BCUT2D eigenvalue weighted by molar-refractivity contribution is -0.120. The molecule has 0 saturated carbocycles. The highest BCUT2D eigenvalue weighted by molar-refractivity contribution is 7.15. The number of fused-ring (bicyclic) bond motifs is 1. The van der Waals surface area contributed by atoms with E-state index in [1.54, 1.807) is 25.2 Å². The standard InChI is InChI=1S/C11H17N3OS/c1-11(2,12)9(15)14-10-13-7-5-3-4-6-8(7)16-10/h3-6,12H2,1-2H3,(H,13,14,15). The summed E-state index contributed by atoms with van der Waals surface area (Å²) in [5, 5.41) is 3.47. The van der Waals surface area contributed by atoms with Gasteiger partial charge in [0.25, 0.3) is 0 Å². The molecule has 0 fully saturated rings. The fraction of sp³-hybridized carbons (Fsp3) is 0.636. The van der Waals surface area contributed by atoms with Gasteiger partial charge in [0.1, 0.15) is 0 Å². The van der Waals surface area contributed by atoms with E-state index in [1.807, 2.05) is 0 Å². The Morgan fingerprint density at radius 2 is 2.12 bits per heavy atom. The van der Waals surface area contributed by atoms with Gasteiger partial charge in [0.2, 0.25) is 5.91 Å². The molecule has 1 heterocycles. The van der Waals surface area contributed by atoms with Crippen molar-refractivity contribution in [1.82, 2.24) is 4.98 Å². The van der Waals surface area contributed by atoms with E-state index in [4.69, 9.17) is 5.73 Å². The summed E-state index contributed by atoms with van der Waals surface area (Å²) in [7, 11) is 0. The summed E-state index contributed by atoms with van der Waals surface area (Å²) < 4.78 is 0. The number of anilines is 1. The van der Waals surface area contributed by atoms with Crippen molar-refractivity contribution in [1.29, 1.82) is 0 Å². The molecule has 0 unspecified atom stereocenters. The molecular formula is C11H17N3OS. The number of hydrogen-bond acceptors (Lipinski definition) is 4. The molecule has 88 valence electrons. The Morgan fingerprint density at radius 1 is 1.44 bits per heavy atom. The van der Waals surface area contributed by atoms with Crippen LogP contribution in [0.5, 0.6) is 0 Å². The number of hydrogen-bond donors (Lipinski definition) is 2. The summed E-state index contributed by atoms with van der Waals surface area (Å²) in [5.74, 6) is -0.182. The first-order chi connectivity index (χ1) is 7.47. The van der Waals surface area contributed by atoms with Crippen molar-refractivity contribution in [3.63, 3.8) is 0 Å². The van der Waals surface area contributed by atoms with Crippen LogP contribution in [-0.2, 0) is 17.6 Å². The predicted octanol–water partition coefficient (Wildman–Crippen LogP) is 1.70. The van der Waals surface area contributed by atoms with Crippen molar-refractivity contribution in [2.24, 2.45) is 5.73 Å². The second kappa shape index (κ2) is 4.14. The van der Waals surface area contributed by atoms with Gasteiger partial charge < -0.3 is 11.1 Å². The number of nitrogens with one attached hydrogen (secondary N) is 1. The maximum atomic E-state index is 11.7. The highest BCUT2D eigenvalue weighted by atomic mass is 32.1. The average Bonchev–Trinajstić information content (AvgIpc) is 2.58. The molecular weight excluding hydrogens is 222 g/mol. The number of carbonyl (C=O) groups is 1. The quantitative estimate of drug-likeness (QED) is 0.825. The maximum Gasteiger partial charge on any atom is 0.245 e. The molecule has 3 N–H and O–H groups in total. The van der Waals surface area contributed by atoms with Crippen LogP contribution in [0.2, 0.25) is 0 Å². The summed E-state index contributed by atoms with van der Waals surface area (Å²) in [5.41, 5.74) is 6.01. The first kappa shape index (κ1) is 11.5. The Balaban J connectivity index is 2.11. The maximum absolute atomic E-state index is 11.7. The van der Waals surface area contributed by atoms with Gasteiger partial charge in [-0.3, -0.25) is 4.79 Å². The number of nitrogens with two attached hydrogens (primary N) is 1. The second-order valence-corrected chi connectivity index (χ2v) is 5.86. The van der Waals surface area contributed by atoms with Gasteiger partial charge in [-0.2, -0.15) is 0 Å². The van der Waals surface area contributed by atoms with Crippen LogP contribution in [0, 0.1) is 0 Å². The van der Waals surface area contributed by atoms with Gasteiger partial charge >= 0.3 is 0 Å². The number of thiazole rings is 1. The van der Waals surface area contributed by atoms with Crippen molar-refractivity contribution in [2.75, 3.05) is 5.32 Å². The van der Waals surface area contributed by atoms with Crippen LogP contribution in [0.3, 0.4) is 0 Å². The Bertz CT molecular complexity index is 382. The zero-order valence-corrected chi connectivity index (χ0v) is 10.5. The Hall–Kier alpha value is -0.940. The summed E-state index contributed by atoms with van der Waals surface area (Å²) >= 11 is 1.58. The van der Waals surface area contributed by atoms with Gasteiger partial charge in [-0.25, -0.2) is 4.98 Å². The lowest BCUT2D eigenvalue weighted by atomic mass is 10.0. The van der Waals surface area contributed by atoms with Crippen LogP contribution < -0.4 is 11.1 Å². The molecule has 0 spiro atoms. The van der Waals surface area contributed by atoms with Crippen LogP contribution in [0.25, 0.3) is 0 Å². The molecule has 0 aliphatic heterocycles. The van der Waals surface area contributed by atoms with Crippen LogP contribution in [0.15, 0.2) is 0 Å². The molecule has 5 heteroatoms. The first-order valence-electron chi connectivity index (χ1n) is 5.56. The van der Waals surface area contributed by atoms with Crippen LogP contribution in [-0.4, -0.2) is 16.4 Å². The zero-order chi connectivity index (χ0) is 11.8. The fourth-order valence-corrected chi connectivity index (χ4v) is 2.71. The number of nitrogens with zero attached hydrogens (tertiary/aromatic N) is 1. The SMILES string of the molecule is CC(C)(N)C(=O)Nc1nc2c(s1)CCCC2. The largest absolute Gasteiger partial charge is 0.318 e. The predicted molar refractivity (Wildman–Crippen MR) is 65.7 cm³/mol. The van der Waals surface area contributed by atoms with E-state index < -0.39 is 5.54 Å². The van der Waals surface area contributed by atoms with E-state index in [-0.39, 0.29) is 5.91 Å². The zero-order valence-electron chi connectivity index (χ0n) is 9.67. The number of aromatic nitrogens is 1. The minimum atomic E-state index is -0.855. The average molecular weight is 239 g/mol. The Labute approximate surface area is 99.3 Å². The van der Waals surface area contributed by atoms with Gasteiger partial charge in [0.05, 0.1) is 11.2 Å². The second-order valence-electron chi connectivity index (χ2n) is 4.77. The van der Waals surface area contributed by atoms with Crippen LogP contribution >= 0.6 is 11.3 Å². The van der Waals surface area contributed by atoms with Gasteiger partial charge in [0.15, 0.2) is 5.13 Å². The van der Waals surface area contributed by atoms with Crippen molar-refractivity contribution in [3.8, 4) is 0 Å². The smallest absolute Gasteiger partial charge is 0.245 e. The molecule has 0 radical (unpaired) electrons. The molecule has 1 aliphatic rings. The highest BCUT2D eigenvalue weighted by Crippen LogP contribution is 2.29. The summed E-state index contributed by atoms with van der Waals surface area (Å²) in [6.07, 6.45) is 4.56. The van der Waals surface area contributed by atoms with Crippen LogP contribution in [0.4, 0.5) is 5.13 Å². The minimum absolute atomic E-state index is 0.182. The topological polar surface area (TPSA) is 68.0 Å². The van der Waals surface area contributed by atoms with E-state index in [0.29, 0.717) is 5.13 Å². The van der Waals surface area contributed by atoms with E-state index >= 15 is 0 Å². The third-order valence-corrected chi connectivity index (χ3v) is 3.72. The summed E-state index contributed by atoms with van der Waals surface area (Å²) in [4.78, 5) is 17.4. The van der Waals surface area contributed by atoms with Crippen LogP contribution in [0.1, 0.15) is 37.3 Å². The van der Waals surface area contributed by atoms with Gasteiger partial charge in [0, 0.05) is 4.88 Å².